The van der Waals surface area contributed by atoms with Crippen LogP contribution in [0.5, 0.6) is 0 Å². The van der Waals surface area contributed by atoms with Crippen molar-refractivity contribution in [2.75, 3.05) is 0 Å². The van der Waals surface area contributed by atoms with Crippen LogP contribution in [0.1, 0.15) is 84.2 Å². The first-order valence-corrected chi connectivity index (χ1v) is 11.8. The molecule has 31 heavy (non-hydrogen) atoms. The predicted octanol–water partition coefficient (Wildman–Crippen LogP) is 9.81. The van der Waals surface area contributed by atoms with Crippen molar-refractivity contribution in [3.05, 3.63) is 53.4 Å². The molecule has 170 valence electrons. The van der Waals surface area contributed by atoms with E-state index in [1.165, 1.54) is 31.2 Å². The molecule has 0 saturated heterocycles. The molecule has 0 aliphatic rings. The summed E-state index contributed by atoms with van der Waals surface area (Å²) in [4.78, 5) is 4.36. The van der Waals surface area contributed by atoms with E-state index in [2.05, 4.69) is 70.8 Å². The molecule has 2 heterocycles. The summed E-state index contributed by atoms with van der Waals surface area (Å²) in [6.45, 7) is 18.7. The highest BCUT2D eigenvalue weighted by Gasteiger charge is 2.15. The number of furan rings is 1. The van der Waals surface area contributed by atoms with Gasteiger partial charge in [-0.1, -0.05) is 97.1 Å². The minimum atomic E-state index is 0.675. The highest BCUT2D eigenvalue weighted by molar-refractivity contribution is 5.96. The summed E-state index contributed by atoms with van der Waals surface area (Å²) in [6, 6.07) is 12.3. The third-order valence-corrected chi connectivity index (χ3v) is 4.87. The molecular weight excluding hydrogens is 382 g/mol. The highest BCUT2D eigenvalue weighted by Crippen LogP contribution is 2.35. The van der Waals surface area contributed by atoms with Gasteiger partial charge in [0.2, 0.25) is 0 Å². The molecule has 0 atom stereocenters. The molecule has 0 spiro atoms. The smallest absolute Gasteiger partial charge is 0.192 e. The van der Waals surface area contributed by atoms with Gasteiger partial charge in [0, 0.05) is 29.5 Å². The van der Waals surface area contributed by atoms with Gasteiger partial charge in [0.15, 0.2) is 11.5 Å². The Labute approximate surface area is 188 Å². The Balaban J connectivity index is 0.000000412. The van der Waals surface area contributed by atoms with E-state index in [-0.39, 0.29) is 0 Å². The lowest BCUT2D eigenvalue weighted by Crippen LogP contribution is -1.78. The van der Waals surface area contributed by atoms with E-state index in [0.717, 1.165) is 39.0 Å². The van der Waals surface area contributed by atoms with Crippen molar-refractivity contribution >= 4 is 22.1 Å². The summed E-state index contributed by atoms with van der Waals surface area (Å²) in [5.74, 6) is 1.59. The second-order valence-corrected chi connectivity index (χ2v) is 7.47. The lowest BCUT2D eigenvalue weighted by Gasteiger charge is -1.99. The maximum absolute atomic E-state index is 6.06. The fraction of sp³-hybridized carbons (Fsp3) is 0.464. The molecule has 2 aromatic heterocycles. The van der Waals surface area contributed by atoms with Gasteiger partial charge in [0.25, 0.3) is 0 Å². The monoisotopic (exact) mass is 423 g/mol. The predicted molar refractivity (Wildman–Crippen MR) is 136 cm³/mol. The summed E-state index contributed by atoms with van der Waals surface area (Å²) in [6.07, 6.45) is 5.28. The third kappa shape index (κ3) is 7.27. The summed E-state index contributed by atoms with van der Waals surface area (Å²) < 4.78 is 11.7. The van der Waals surface area contributed by atoms with Gasteiger partial charge in [-0.05, 0) is 19.9 Å². The molecule has 3 nitrogen and oxygen atoms in total. The normalized spacial score (nSPS) is 9.97. The molecule has 0 aliphatic heterocycles. The number of benzene rings is 2. The van der Waals surface area contributed by atoms with E-state index in [1.807, 2.05) is 32.9 Å². The fourth-order valence-corrected chi connectivity index (χ4v) is 2.74. The maximum atomic E-state index is 6.06. The van der Waals surface area contributed by atoms with Crippen molar-refractivity contribution in [3.63, 3.8) is 0 Å². The van der Waals surface area contributed by atoms with Crippen molar-refractivity contribution in [3.8, 4) is 11.3 Å². The van der Waals surface area contributed by atoms with E-state index in [9.17, 15) is 0 Å². The summed E-state index contributed by atoms with van der Waals surface area (Å²) in [7, 11) is 0. The largest absolute Gasteiger partial charge is 0.456 e. The molecular formula is C28H41NO2. The molecule has 2 aromatic carbocycles. The van der Waals surface area contributed by atoms with Gasteiger partial charge in [-0.3, -0.25) is 0 Å². The number of oxazole rings is 1. The quantitative estimate of drug-likeness (QED) is 0.329. The van der Waals surface area contributed by atoms with E-state index in [1.54, 1.807) is 0 Å². The maximum Gasteiger partial charge on any atom is 0.192 e. The number of fused-ring (bicyclic) bond motifs is 2. The van der Waals surface area contributed by atoms with Crippen molar-refractivity contribution in [1.29, 1.82) is 0 Å². The van der Waals surface area contributed by atoms with Crippen LogP contribution in [0.2, 0.25) is 0 Å². The van der Waals surface area contributed by atoms with Crippen molar-refractivity contribution < 1.29 is 8.83 Å². The Hall–Kier alpha value is -2.55. The summed E-state index contributed by atoms with van der Waals surface area (Å²) in [5.41, 5.74) is 5.96. The van der Waals surface area contributed by atoms with Gasteiger partial charge in [-0.15, -0.1) is 0 Å². The fourth-order valence-electron chi connectivity index (χ4n) is 2.74. The zero-order valence-electron chi connectivity index (χ0n) is 21.1. The zero-order valence-corrected chi connectivity index (χ0v) is 21.1. The number of hydrogen-bond acceptors (Lipinski definition) is 3. The van der Waals surface area contributed by atoms with Crippen LogP contribution >= 0.6 is 0 Å². The highest BCUT2D eigenvalue weighted by atomic mass is 16.4. The molecule has 4 aromatic rings. The molecule has 0 radical (unpaired) electrons. The molecule has 0 bridgehead atoms. The molecule has 0 fully saturated rings. The van der Waals surface area contributed by atoms with Gasteiger partial charge in [0.05, 0.1) is 0 Å². The Morgan fingerprint density at radius 3 is 1.77 bits per heavy atom. The first-order chi connectivity index (χ1) is 14.9. The number of hydrogen-bond donors (Lipinski definition) is 0. The molecule has 0 N–H and O–H groups in total. The first kappa shape index (κ1) is 26.5. The first-order valence-electron chi connectivity index (χ1n) is 11.8. The minimum absolute atomic E-state index is 0.675. The van der Waals surface area contributed by atoms with E-state index in [0.29, 0.717) is 5.89 Å². The number of nitrogens with zero attached hydrogens (tertiary/aromatic N) is 1. The molecule has 3 heteroatoms. The van der Waals surface area contributed by atoms with Gasteiger partial charge >= 0.3 is 0 Å². The second-order valence-electron chi connectivity index (χ2n) is 7.47. The van der Waals surface area contributed by atoms with Gasteiger partial charge < -0.3 is 8.83 Å². The number of rotatable bonds is 3. The van der Waals surface area contributed by atoms with E-state index < -0.39 is 0 Å². The van der Waals surface area contributed by atoms with Gasteiger partial charge in [-0.25, -0.2) is 4.98 Å². The van der Waals surface area contributed by atoms with Crippen LogP contribution in [0.3, 0.4) is 0 Å². The van der Waals surface area contributed by atoms with E-state index >= 15 is 0 Å². The summed E-state index contributed by atoms with van der Waals surface area (Å²) >= 11 is 0. The van der Waals surface area contributed by atoms with Crippen LogP contribution in [-0.4, -0.2) is 4.98 Å². The standard InChI is InChI=1S/C18H15NO2.2C4H10.C2H6/c1-10-4-6-13(7-5-10)18-11(2)14-8-17-15(9-16(14)21-18)19-12(3)20-17;2*1-3-4-2;1-2/h4-9H,1-3H3;2*3-4H2,1-2H3;1-2H3. The minimum Gasteiger partial charge on any atom is -0.456 e. The van der Waals surface area contributed by atoms with Gasteiger partial charge in [-0.2, -0.15) is 0 Å². The Kier molecular flexibility index (Phi) is 11.7. The van der Waals surface area contributed by atoms with E-state index in [4.69, 9.17) is 8.83 Å². The van der Waals surface area contributed by atoms with Crippen LogP contribution < -0.4 is 0 Å². The average molecular weight is 424 g/mol. The van der Waals surface area contributed by atoms with Crippen molar-refractivity contribution in [1.82, 2.24) is 4.98 Å². The van der Waals surface area contributed by atoms with Crippen LogP contribution in [0.4, 0.5) is 0 Å². The molecule has 0 saturated carbocycles. The Morgan fingerprint density at radius 1 is 0.710 bits per heavy atom. The van der Waals surface area contributed by atoms with Crippen molar-refractivity contribution in [2.24, 2.45) is 0 Å². The average Bonchev–Trinajstić information content (AvgIpc) is 3.32. The molecule has 0 aliphatic carbocycles. The third-order valence-electron chi connectivity index (χ3n) is 4.87. The van der Waals surface area contributed by atoms with Crippen LogP contribution in [-0.2, 0) is 0 Å². The SMILES string of the molecule is CC.CCCC.CCCC.Cc1ccc(-c2oc3cc4nc(C)oc4cc3c2C)cc1. The molecule has 0 unspecified atom stereocenters. The van der Waals surface area contributed by atoms with Crippen molar-refractivity contribution in [2.45, 2.75) is 88.0 Å². The Bertz CT molecular complexity index is 1010. The summed E-state index contributed by atoms with van der Waals surface area (Å²) in [5, 5.41) is 1.08. The zero-order chi connectivity index (χ0) is 23.4. The number of aromatic nitrogens is 1. The lowest BCUT2D eigenvalue weighted by molar-refractivity contribution is 0.561. The lowest BCUT2D eigenvalue weighted by atomic mass is 10.1. The number of aryl methyl sites for hydroxylation is 3. The second kappa shape index (κ2) is 13.7. The van der Waals surface area contributed by atoms with Crippen LogP contribution in [0, 0.1) is 20.8 Å². The number of unbranched alkanes of at least 4 members (excludes halogenated alkanes) is 2. The Morgan fingerprint density at radius 2 is 1.26 bits per heavy atom. The topological polar surface area (TPSA) is 39.2 Å². The van der Waals surface area contributed by atoms with Gasteiger partial charge in [0.1, 0.15) is 16.9 Å². The molecule has 0 amide bonds. The van der Waals surface area contributed by atoms with Crippen LogP contribution in [0.25, 0.3) is 33.4 Å². The van der Waals surface area contributed by atoms with Crippen LogP contribution in [0.15, 0.2) is 45.2 Å². The molecule has 4 rings (SSSR count).